The van der Waals surface area contributed by atoms with Gasteiger partial charge in [0.1, 0.15) is 5.82 Å². The van der Waals surface area contributed by atoms with Crippen LogP contribution in [0, 0.1) is 18.7 Å². The lowest BCUT2D eigenvalue weighted by molar-refractivity contribution is -0.150. The van der Waals surface area contributed by atoms with Gasteiger partial charge in [0, 0.05) is 18.0 Å². The van der Waals surface area contributed by atoms with Crippen LogP contribution in [-0.4, -0.2) is 37.1 Å². The molecule has 2 fully saturated rings. The largest absolute Gasteiger partial charge is 0.469 e. The van der Waals surface area contributed by atoms with Crippen molar-refractivity contribution in [2.75, 3.05) is 14.2 Å². The first-order chi connectivity index (χ1) is 10.0. The minimum absolute atomic E-state index is 0.130. The highest BCUT2D eigenvalue weighted by atomic mass is 19.1. The van der Waals surface area contributed by atoms with E-state index in [4.69, 9.17) is 4.74 Å². The molecular formula is C17H22FNO2. The second-order valence-electron chi connectivity index (χ2n) is 6.36. The summed E-state index contributed by atoms with van der Waals surface area (Å²) in [6.07, 6.45) is 3.11. The van der Waals surface area contributed by atoms with E-state index in [9.17, 15) is 9.18 Å². The Balaban J connectivity index is 1.98. The number of halogens is 1. The third-order valence-electron chi connectivity index (χ3n) is 5.35. The summed E-state index contributed by atoms with van der Waals surface area (Å²) in [7, 11) is 3.56. The number of nitrogens with zero attached hydrogens (tertiary/aromatic N) is 1. The van der Waals surface area contributed by atoms with Crippen molar-refractivity contribution < 1.29 is 13.9 Å². The zero-order chi connectivity index (χ0) is 15.1. The molecule has 2 heterocycles. The number of piperidine rings is 1. The molecule has 0 aromatic heterocycles. The van der Waals surface area contributed by atoms with Crippen LogP contribution < -0.4 is 0 Å². The van der Waals surface area contributed by atoms with Crippen molar-refractivity contribution in [3.05, 3.63) is 35.1 Å². The van der Waals surface area contributed by atoms with Gasteiger partial charge in [-0.25, -0.2) is 4.39 Å². The maximum atomic E-state index is 13.5. The molecule has 1 aromatic rings. The number of fused-ring (bicyclic) bond motifs is 2. The molecule has 0 radical (unpaired) electrons. The smallest absolute Gasteiger partial charge is 0.310 e. The van der Waals surface area contributed by atoms with E-state index in [0.29, 0.717) is 11.6 Å². The number of methoxy groups -OCH3 is 1. The van der Waals surface area contributed by atoms with E-state index in [1.165, 1.54) is 13.2 Å². The standard InChI is InChI=1S/C17H22FNO2/c1-10-8-11(4-6-14(10)18)13-9-12-5-7-15(19(12)2)16(13)17(20)21-3/h4,6,8,12-13,15-16H,5,7,9H2,1-3H3/t12-,13+,15+,16-/m0/s1. The number of hydrogen-bond donors (Lipinski definition) is 0. The number of ether oxygens (including phenoxy) is 1. The first kappa shape index (κ1) is 14.5. The van der Waals surface area contributed by atoms with Gasteiger partial charge in [-0.1, -0.05) is 12.1 Å². The lowest BCUT2D eigenvalue weighted by Crippen LogP contribution is -2.49. The van der Waals surface area contributed by atoms with Crippen LogP contribution in [0.5, 0.6) is 0 Å². The van der Waals surface area contributed by atoms with E-state index >= 15 is 0 Å². The van der Waals surface area contributed by atoms with Crippen molar-refractivity contribution in [3.8, 4) is 0 Å². The van der Waals surface area contributed by atoms with Crippen LogP contribution in [-0.2, 0) is 9.53 Å². The Labute approximate surface area is 125 Å². The monoisotopic (exact) mass is 291 g/mol. The second kappa shape index (κ2) is 5.41. The number of esters is 1. The quantitative estimate of drug-likeness (QED) is 0.785. The third-order valence-corrected chi connectivity index (χ3v) is 5.35. The SMILES string of the molecule is COC(=O)[C@H]1[C@@H](c2ccc(F)c(C)c2)C[C@@H]2CC[C@H]1N2C. The second-order valence-corrected chi connectivity index (χ2v) is 6.36. The summed E-state index contributed by atoms with van der Waals surface area (Å²) < 4.78 is 18.6. The van der Waals surface area contributed by atoms with E-state index in [2.05, 4.69) is 11.9 Å². The highest BCUT2D eigenvalue weighted by Gasteiger charge is 2.49. The fraction of sp³-hybridized carbons (Fsp3) is 0.588. The Morgan fingerprint density at radius 3 is 2.81 bits per heavy atom. The Bertz CT molecular complexity index is 560. The molecule has 2 aliphatic rings. The first-order valence-electron chi connectivity index (χ1n) is 7.58. The van der Waals surface area contributed by atoms with E-state index < -0.39 is 0 Å². The minimum atomic E-state index is -0.190. The normalized spacial score (nSPS) is 32.2. The number of aryl methyl sites for hydroxylation is 1. The molecule has 2 saturated heterocycles. The number of rotatable bonds is 2. The van der Waals surface area contributed by atoms with Crippen LogP contribution in [0.2, 0.25) is 0 Å². The lowest BCUT2D eigenvalue weighted by Gasteiger charge is -2.41. The van der Waals surface area contributed by atoms with E-state index in [1.807, 2.05) is 12.1 Å². The topological polar surface area (TPSA) is 29.5 Å². The molecule has 114 valence electrons. The molecule has 0 spiro atoms. The van der Waals surface area contributed by atoms with Crippen LogP contribution in [0.25, 0.3) is 0 Å². The molecular weight excluding hydrogens is 269 g/mol. The van der Waals surface area contributed by atoms with Gasteiger partial charge < -0.3 is 4.74 Å². The summed E-state index contributed by atoms with van der Waals surface area (Å²) >= 11 is 0. The Morgan fingerprint density at radius 2 is 2.14 bits per heavy atom. The van der Waals surface area contributed by atoms with E-state index in [0.717, 1.165) is 24.8 Å². The predicted molar refractivity (Wildman–Crippen MR) is 78.6 cm³/mol. The van der Waals surface area contributed by atoms with Crippen molar-refractivity contribution in [3.63, 3.8) is 0 Å². The predicted octanol–water partition coefficient (Wildman–Crippen LogP) is 2.87. The van der Waals surface area contributed by atoms with E-state index in [1.54, 1.807) is 6.92 Å². The van der Waals surface area contributed by atoms with Gasteiger partial charge >= 0.3 is 5.97 Å². The molecule has 0 unspecified atom stereocenters. The molecule has 2 bridgehead atoms. The lowest BCUT2D eigenvalue weighted by atomic mass is 9.76. The summed E-state index contributed by atoms with van der Waals surface area (Å²) in [6, 6.07) is 5.99. The highest BCUT2D eigenvalue weighted by molar-refractivity contribution is 5.75. The number of hydrogen-bond acceptors (Lipinski definition) is 3. The van der Waals surface area contributed by atoms with Gasteiger partial charge in [-0.2, -0.15) is 0 Å². The zero-order valence-corrected chi connectivity index (χ0v) is 12.8. The fourth-order valence-electron chi connectivity index (χ4n) is 4.17. The van der Waals surface area contributed by atoms with Gasteiger partial charge in [-0.05, 0) is 50.4 Å². The Kier molecular flexibility index (Phi) is 3.74. The van der Waals surface area contributed by atoms with E-state index in [-0.39, 0.29) is 29.7 Å². The summed E-state index contributed by atoms with van der Waals surface area (Å²) in [5.74, 6) is -0.350. The maximum Gasteiger partial charge on any atom is 0.310 e. The molecule has 4 atom stereocenters. The molecule has 0 aliphatic carbocycles. The van der Waals surface area contributed by atoms with Gasteiger partial charge in [0.15, 0.2) is 0 Å². The molecule has 0 amide bonds. The average molecular weight is 291 g/mol. The van der Waals surface area contributed by atoms with Crippen molar-refractivity contribution >= 4 is 5.97 Å². The summed E-state index contributed by atoms with van der Waals surface area (Å²) in [5, 5.41) is 0. The Morgan fingerprint density at radius 1 is 1.38 bits per heavy atom. The first-order valence-corrected chi connectivity index (χ1v) is 7.58. The fourth-order valence-corrected chi connectivity index (χ4v) is 4.17. The molecule has 0 N–H and O–H groups in total. The summed E-state index contributed by atoms with van der Waals surface area (Å²) in [5.41, 5.74) is 1.71. The number of carbonyl (C=O) groups is 1. The highest BCUT2D eigenvalue weighted by Crippen LogP contribution is 2.46. The van der Waals surface area contributed by atoms with Crippen LogP contribution in [0.4, 0.5) is 4.39 Å². The van der Waals surface area contributed by atoms with Crippen LogP contribution in [0.1, 0.15) is 36.3 Å². The summed E-state index contributed by atoms with van der Waals surface area (Å²) in [4.78, 5) is 14.6. The molecule has 3 nitrogen and oxygen atoms in total. The Hall–Kier alpha value is -1.42. The summed E-state index contributed by atoms with van der Waals surface area (Å²) in [6.45, 7) is 1.77. The van der Waals surface area contributed by atoms with Crippen molar-refractivity contribution in [2.45, 2.75) is 44.2 Å². The number of benzene rings is 1. The third kappa shape index (κ3) is 2.35. The van der Waals surface area contributed by atoms with Gasteiger partial charge in [0.05, 0.1) is 13.0 Å². The van der Waals surface area contributed by atoms with Crippen molar-refractivity contribution in [1.29, 1.82) is 0 Å². The molecule has 0 saturated carbocycles. The number of carbonyl (C=O) groups excluding carboxylic acids is 1. The van der Waals surface area contributed by atoms with Gasteiger partial charge in [0.25, 0.3) is 0 Å². The molecule has 1 aromatic carbocycles. The van der Waals surface area contributed by atoms with Crippen LogP contribution >= 0.6 is 0 Å². The average Bonchev–Trinajstić information content (AvgIpc) is 2.72. The maximum absolute atomic E-state index is 13.5. The molecule has 2 aliphatic heterocycles. The van der Waals surface area contributed by atoms with Gasteiger partial charge in [-0.15, -0.1) is 0 Å². The van der Waals surface area contributed by atoms with Crippen molar-refractivity contribution in [1.82, 2.24) is 4.90 Å². The van der Waals surface area contributed by atoms with Gasteiger partial charge in [-0.3, -0.25) is 9.69 Å². The zero-order valence-electron chi connectivity index (χ0n) is 12.8. The molecule has 21 heavy (non-hydrogen) atoms. The molecule has 3 rings (SSSR count). The van der Waals surface area contributed by atoms with Crippen LogP contribution in [0.15, 0.2) is 18.2 Å². The molecule has 4 heteroatoms. The van der Waals surface area contributed by atoms with Crippen molar-refractivity contribution in [2.24, 2.45) is 5.92 Å². The minimum Gasteiger partial charge on any atom is -0.469 e. The van der Waals surface area contributed by atoms with Crippen LogP contribution in [0.3, 0.4) is 0 Å². The van der Waals surface area contributed by atoms with Gasteiger partial charge in [0.2, 0.25) is 0 Å².